The molecule has 2 N–H and O–H groups in total. The molecule has 5 heteroatoms. The van der Waals surface area contributed by atoms with E-state index in [-0.39, 0.29) is 12.4 Å². The fourth-order valence-electron chi connectivity index (χ4n) is 2.26. The summed E-state index contributed by atoms with van der Waals surface area (Å²) in [5.41, 5.74) is 7.89. The van der Waals surface area contributed by atoms with Crippen LogP contribution >= 0.6 is 0 Å². The first-order valence-corrected chi connectivity index (χ1v) is 6.35. The number of amides is 1. The van der Waals surface area contributed by atoms with Gasteiger partial charge in [-0.15, -0.1) is 0 Å². The zero-order valence-electron chi connectivity index (χ0n) is 11.2. The van der Waals surface area contributed by atoms with Crippen LogP contribution in [0.2, 0.25) is 0 Å². The first-order valence-electron chi connectivity index (χ1n) is 6.35. The van der Waals surface area contributed by atoms with Crippen molar-refractivity contribution in [1.29, 1.82) is 0 Å². The Morgan fingerprint density at radius 1 is 1.14 bits per heavy atom. The minimum atomic E-state index is -0.421. The molecule has 0 saturated heterocycles. The molecule has 0 unspecified atom stereocenters. The smallest absolute Gasteiger partial charge is 0.254 e. The lowest BCUT2D eigenvalue weighted by Crippen LogP contribution is -3.00. The summed E-state index contributed by atoms with van der Waals surface area (Å²) in [6, 6.07) is 13.6. The maximum Gasteiger partial charge on any atom is 0.254 e. The summed E-state index contributed by atoms with van der Waals surface area (Å²) in [4.78, 5) is 15.6. The third-order valence-corrected chi connectivity index (χ3v) is 3.21. The maximum absolute atomic E-state index is 11.2. The number of nitrogens with zero attached hydrogens (tertiary/aromatic N) is 2. The zero-order valence-corrected chi connectivity index (χ0v) is 12.0. The number of carbonyl (C=O) groups excluding carboxylic acids is 1. The number of carbonyl (C=O) groups is 1. The quantitative estimate of drug-likeness (QED) is 0.610. The fraction of sp³-hybridized carbons (Fsp3) is 0.0625. The first-order chi connectivity index (χ1) is 9.74. The number of nitrogens with two attached hydrogens (primary N) is 1. The van der Waals surface area contributed by atoms with Gasteiger partial charge >= 0.3 is 0 Å². The van der Waals surface area contributed by atoms with Crippen molar-refractivity contribution < 1.29 is 21.8 Å². The number of aromatic nitrogens is 2. The minimum absolute atomic E-state index is 0. The highest BCUT2D eigenvalue weighted by Crippen LogP contribution is 2.15. The Hall–Kier alpha value is -2.46. The molecular weight excluding hydrogens is 286 g/mol. The predicted molar refractivity (Wildman–Crippen MR) is 76.0 cm³/mol. The van der Waals surface area contributed by atoms with Crippen LogP contribution < -0.4 is 22.7 Å². The topological polar surface area (TPSA) is 59.9 Å². The van der Waals surface area contributed by atoms with Gasteiger partial charge in [-0.2, -0.15) is 4.57 Å². The van der Waals surface area contributed by atoms with Crippen molar-refractivity contribution in [2.45, 2.75) is 6.54 Å². The summed E-state index contributed by atoms with van der Waals surface area (Å²) in [7, 11) is 0. The second kappa shape index (κ2) is 6.33. The van der Waals surface area contributed by atoms with Gasteiger partial charge in [-0.3, -0.25) is 9.78 Å². The lowest BCUT2D eigenvalue weighted by atomic mass is 10.1. The Labute approximate surface area is 128 Å². The number of fused-ring (bicyclic) bond motifs is 1. The van der Waals surface area contributed by atoms with E-state index in [2.05, 4.69) is 4.98 Å². The van der Waals surface area contributed by atoms with Crippen LogP contribution in [-0.4, -0.2) is 10.9 Å². The molecule has 21 heavy (non-hydrogen) atoms. The summed E-state index contributed by atoms with van der Waals surface area (Å²) >= 11 is 0. The standard InChI is InChI=1S/C16H13N3O.ClH/c17-16(20)14-7-3-9-19(11-14)10-13-5-1-4-12-6-2-8-18-15(12)13;/h1-9,11H,10H2,(H-,17,20);1H. The highest BCUT2D eigenvalue weighted by atomic mass is 35.5. The lowest BCUT2D eigenvalue weighted by molar-refractivity contribution is -0.688. The minimum Gasteiger partial charge on any atom is -1.00 e. The number of rotatable bonds is 3. The van der Waals surface area contributed by atoms with Crippen LogP contribution in [0.25, 0.3) is 10.9 Å². The lowest BCUT2D eigenvalue weighted by Gasteiger charge is -2.03. The first kappa shape index (κ1) is 14.9. The molecule has 0 aliphatic heterocycles. The van der Waals surface area contributed by atoms with Crippen LogP contribution in [0.15, 0.2) is 61.1 Å². The van der Waals surface area contributed by atoms with E-state index in [0.29, 0.717) is 12.1 Å². The number of primary amides is 1. The van der Waals surface area contributed by atoms with E-state index in [4.69, 9.17) is 5.73 Å². The zero-order chi connectivity index (χ0) is 13.9. The van der Waals surface area contributed by atoms with E-state index in [9.17, 15) is 4.79 Å². The van der Waals surface area contributed by atoms with Crippen LogP contribution in [0.1, 0.15) is 15.9 Å². The molecule has 0 bridgehead atoms. The Morgan fingerprint density at radius 3 is 2.76 bits per heavy atom. The van der Waals surface area contributed by atoms with Gasteiger partial charge in [0.15, 0.2) is 18.9 Å². The van der Waals surface area contributed by atoms with E-state index in [1.54, 1.807) is 18.5 Å². The van der Waals surface area contributed by atoms with Gasteiger partial charge in [-0.1, -0.05) is 24.3 Å². The number of hydrogen-bond acceptors (Lipinski definition) is 2. The molecule has 3 aromatic rings. The van der Waals surface area contributed by atoms with Crippen molar-refractivity contribution in [3.8, 4) is 0 Å². The highest BCUT2D eigenvalue weighted by molar-refractivity contribution is 5.92. The van der Waals surface area contributed by atoms with Gasteiger partial charge in [0.25, 0.3) is 5.91 Å². The van der Waals surface area contributed by atoms with Crippen LogP contribution in [0.4, 0.5) is 0 Å². The molecule has 0 radical (unpaired) electrons. The largest absolute Gasteiger partial charge is 1.00 e. The van der Waals surface area contributed by atoms with Gasteiger partial charge < -0.3 is 18.1 Å². The number of hydrogen-bond donors (Lipinski definition) is 1. The molecule has 3 rings (SSSR count). The van der Waals surface area contributed by atoms with Crippen LogP contribution in [0, 0.1) is 0 Å². The van der Waals surface area contributed by atoms with Crippen LogP contribution in [0.5, 0.6) is 0 Å². The molecule has 4 nitrogen and oxygen atoms in total. The fourth-order valence-corrected chi connectivity index (χ4v) is 2.26. The van der Waals surface area contributed by atoms with Gasteiger partial charge in [-0.25, -0.2) is 0 Å². The van der Waals surface area contributed by atoms with E-state index >= 15 is 0 Å². The second-order valence-corrected chi connectivity index (χ2v) is 4.62. The molecule has 0 spiro atoms. The van der Waals surface area contributed by atoms with Crippen molar-refractivity contribution in [2.75, 3.05) is 0 Å². The Bertz CT molecular complexity index is 784. The summed E-state index contributed by atoms with van der Waals surface area (Å²) in [5, 5.41) is 1.11. The monoisotopic (exact) mass is 299 g/mol. The van der Waals surface area contributed by atoms with Crippen molar-refractivity contribution in [2.24, 2.45) is 5.73 Å². The molecule has 0 atom stereocenters. The molecule has 2 aromatic heterocycles. The maximum atomic E-state index is 11.2. The summed E-state index contributed by atoms with van der Waals surface area (Å²) in [6.07, 6.45) is 5.45. The van der Waals surface area contributed by atoms with E-state index < -0.39 is 5.91 Å². The third-order valence-electron chi connectivity index (χ3n) is 3.21. The Kier molecular flexibility index (Phi) is 4.50. The molecule has 1 amide bonds. The number of pyridine rings is 2. The predicted octanol–water partition coefficient (Wildman–Crippen LogP) is -1.33. The number of para-hydroxylation sites is 1. The molecule has 0 saturated carbocycles. The van der Waals surface area contributed by atoms with Gasteiger partial charge in [0.2, 0.25) is 0 Å². The van der Waals surface area contributed by atoms with Crippen molar-refractivity contribution in [3.63, 3.8) is 0 Å². The molecule has 0 aliphatic rings. The van der Waals surface area contributed by atoms with Crippen molar-refractivity contribution in [1.82, 2.24) is 4.98 Å². The van der Waals surface area contributed by atoms with E-state index in [1.165, 1.54) is 0 Å². The van der Waals surface area contributed by atoms with Crippen LogP contribution in [0.3, 0.4) is 0 Å². The summed E-state index contributed by atoms with van der Waals surface area (Å²) in [5.74, 6) is -0.421. The number of benzene rings is 1. The Morgan fingerprint density at radius 2 is 1.95 bits per heavy atom. The summed E-state index contributed by atoms with van der Waals surface area (Å²) in [6.45, 7) is 0.648. The second-order valence-electron chi connectivity index (χ2n) is 4.62. The van der Waals surface area contributed by atoms with Gasteiger partial charge in [0.1, 0.15) is 5.56 Å². The normalized spacial score (nSPS) is 10.1. The van der Waals surface area contributed by atoms with E-state index in [0.717, 1.165) is 16.5 Å². The molecule has 2 heterocycles. The molecule has 0 aliphatic carbocycles. The number of halogens is 1. The van der Waals surface area contributed by atoms with Gasteiger partial charge in [0, 0.05) is 23.2 Å². The SMILES string of the molecule is NC(=O)c1ccc[n+](Cc2cccc3cccnc23)c1.[Cl-]. The molecule has 1 aromatic carbocycles. The van der Waals surface area contributed by atoms with Gasteiger partial charge in [0.05, 0.1) is 5.52 Å². The average molecular weight is 300 g/mol. The highest BCUT2D eigenvalue weighted by Gasteiger charge is 2.10. The molecular formula is C16H14ClN3O. The van der Waals surface area contributed by atoms with Crippen molar-refractivity contribution in [3.05, 3.63) is 72.2 Å². The van der Waals surface area contributed by atoms with Crippen LogP contribution in [-0.2, 0) is 6.54 Å². The average Bonchev–Trinajstić information content (AvgIpc) is 2.48. The van der Waals surface area contributed by atoms with Gasteiger partial charge in [-0.05, 0) is 12.1 Å². The summed E-state index contributed by atoms with van der Waals surface area (Å²) < 4.78 is 1.93. The van der Waals surface area contributed by atoms with E-state index in [1.807, 2.05) is 47.2 Å². The Balaban J connectivity index is 0.00000161. The van der Waals surface area contributed by atoms with Crippen molar-refractivity contribution >= 4 is 16.8 Å². The molecule has 106 valence electrons. The molecule has 0 fully saturated rings. The third kappa shape index (κ3) is 3.17.